The van der Waals surface area contributed by atoms with E-state index in [1.807, 2.05) is 4.90 Å². The molecular weight excluding hydrogens is 429 g/mol. The first-order valence-electron chi connectivity index (χ1n) is 12.1. The summed E-state index contributed by atoms with van der Waals surface area (Å²) < 4.78 is 41.5. The number of nitrogens with zero attached hydrogens (tertiary/aromatic N) is 4. The van der Waals surface area contributed by atoms with Crippen LogP contribution in [0.3, 0.4) is 0 Å². The van der Waals surface area contributed by atoms with Crippen LogP contribution >= 0.6 is 0 Å². The number of benzene rings is 1. The number of alkyl halides is 3. The fourth-order valence-electron chi connectivity index (χ4n) is 5.59. The van der Waals surface area contributed by atoms with E-state index in [2.05, 4.69) is 16.9 Å². The zero-order valence-electron chi connectivity index (χ0n) is 19.2. The number of hydrogen-bond donors (Lipinski definition) is 0. The van der Waals surface area contributed by atoms with Crippen LogP contribution in [0.5, 0.6) is 0 Å². The molecule has 1 aromatic heterocycles. The lowest BCUT2D eigenvalue weighted by molar-refractivity contribution is -0.137. The summed E-state index contributed by atoms with van der Waals surface area (Å²) in [6.07, 6.45) is 1.87. The molecule has 1 aromatic carbocycles. The van der Waals surface area contributed by atoms with Gasteiger partial charge in [-0.25, -0.2) is 4.68 Å². The average Bonchev–Trinajstić information content (AvgIpc) is 3.34. The number of carbonyl (C=O) groups excluding carboxylic acids is 1. The number of aromatic nitrogens is 2. The highest BCUT2D eigenvalue weighted by molar-refractivity contribution is 5.97. The minimum atomic E-state index is -4.42. The lowest BCUT2D eigenvalue weighted by Gasteiger charge is -2.41. The van der Waals surface area contributed by atoms with Gasteiger partial charge in [0.05, 0.1) is 28.2 Å². The monoisotopic (exact) mass is 460 g/mol. The van der Waals surface area contributed by atoms with Gasteiger partial charge in [0, 0.05) is 24.5 Å². The lowest BCUT2D eigenvalue weighted by atomic mass is 9.95. The minimum Gasteiger partial charge on any atom is -0.336 e. The number of amides is 1. The Hall–Kier alpha value is -2.35. The summed E-state index contributed by atoms with van der Waals surface area (Å²) in [5.74, 6) is 0.136. The quantitative estimate of drug-likeness (QED) is 0.633. The van der Waals surface area contributed by atoms with Crippen LogP contribution in [-0.2, 0) is 6.18 Å². The number of aryl methyl sites for hydroxylation is 1. The van der Waals surface area contributed by atoms with Crippen molar-refractivity contribution in [1.29, 1.82) is 0 Å². The van der Waals surface area contributed by atoms with Crippen LogP contribution < -0.4 is 0 Å². The van der Waals surface area contributed by atoms with Crippen molar-refractivity contribution in [2.75, 3.05) is 19.6 Å². The van der Waals surface area contributed by atoms with Crippen LogP contribution in [0.4, 0.5) is 13.2 Å². The molecule has 3 heterocycles. The Labute approximate surface area is 192 Å². The second kappa shape index (κ2) is 8.46. The average molecular weight is 461 g/mol. The molecule has 0 spiro atoms. The highest BCUT2D eigenvalue weighted by Gasteiger charge is 2.39. The van der Waals surface area contributed by atoms with Crippen LogP contribution in [0.1, 0.15) is 78.7 Å². The summed E-state index contributed by atoms with van der Waals surface area (Å²) in [6, 6.07) is 5.87. The molecule has 1 amide bonds. The molecule has 0 unspecified atom stereocenters. The molecule has 3 aliphatic rings. The summed E-state index contributed by atoms with van der Waals surface area (Å²) in [4.78, 5) is 18.3. The van der Waals surface area contributed by atoms with Gasteiger partial charge in [0.2, 0.25) is 0 Å². The fourth-order valence-corrected chi connectivity index (χ4v) is 5.59. The van der Waals surface area contributed by atoms with Crippen LogP contribution in [0.25, 0.3) is 5.69 Å². The maximum Gasteiger partial charge on any atom is 0.416 e. The van der Waals surface area contributed by atoms with Crippen molar-refractivity contribution < 1.29 is 18.0 Å². The molecule has 0 radical (unpaired) electrons. The first-order valence-corrected chi connectivity index (χ1v) is 12.1. The maximum absolute atomic E-state index is 13.8. The summed E-state index contributed by atoms with van der Waals surface area (Å²) in [7, 11) is 0. The van der Waals surface area contributed by atoms with Gasteiger partial charge in [-0.2, -0.15) is 18.3 Å². The SMILES string of the molecule is Cc1nn(-c2cccc(C(F)(F)F)c2)c(C2CC2)c1C(=O)N1CC[C@@H](N2CCCC2)C[C@@H]1C. The molecule has 5 rings (SSSR count). The molecule has 178 valence electrons. The van der Waals surface area contributed by atoms with E-state index in [0.29, 0.717) is 29.5 Å². The van der Waals surface area contributed by atoms with Gasteiger partial charge in [0.1, 0.15) is 0 Å². The van der Waals surface area contributed by atoms with Gasteiger partial charge >= 0.3 is 6.18 Å². The molecule has 2 aliphatic heterocycles. The first kappa shape index (κ1) is 22.4. The van der Waals surface area contributed by atoms with Gasteiger partial charge in [-0.05, 0) is 83.7 Å². The summed E-state index contributed by atoms with van der Waals surface area (Å²) >= 11 is 0. The van der Waals surface area contributed by atoms with Crippen molar-refractivity contribution in [3.8, 4) is 5.69 Å². The van der Waals surface area contributed by atoms with E-state index in [4.69, 9.17) is 0 Å². The van der Waals surface area contributed by atoms with Crippen LogP contribution in [-0.4, -0.2) is 57.2 Å². The highest BCUT2D eigenvalue weighted by Crippen LogP contribution is 2.44. The Morgan fingerprint density at radius 2 is 1.82 bits per heavy atom. The standard InChI is InChI=1S/C25H31F3N4O/c1-16-14-20(30-11-3-4-12-30)10-13-31(16)24(33)22-17(2)29-32(23(22)18-8-9-18)21-7-5-6-19(15-21)25(26,27)28/h5-7,15-16,18,20H,3-4,8-14H2,1-2H3/t16-,20+/m0/s1. The van der Waals surface area contributed by atoms with E-state index < -0.39 is 11.7 Å². The third kappa shape index (κ3) is 4.29. The largest absolute Gasteiger partial charge is 0.416 e. The smallest absolute Gasteiger partial charge is 0.336 e. The lowest BCUT2D eigenvalue weighted by Crippen LogP contribution is -2.50. The Balaban J connectivity index is 1.45. The minimum absolute atomic E-state index is 0.0278. The van der Waals surface area contributed by atoms with Gasteiger partial charge in [-0.1, -0.05) is 6.07 Å². The maximum atomic E-state index is 13.8. The topological polar surface area (TPSA) is 41.4 Å². The molecular formula is C25H31F3N4O. The molecule has 1 aliphatic carbocycles. The van der Waals surface area contributed by atoms with Gasteiger partial charge in [-0.3, -0.25) is 4.79 Å². The van der Waals surface area contributed by atoms with E-state index in [0.717, 1.165) is 56.6 Å². The van der Waals surface area contributed by atoms with E-state index in [1.54, 1.807) is 17.7 Å². The number of rotatable bonds is 4. The van der Waals surface area contributed by atoms with Crippen molar-refractivity contribution in [3.05, 3.63) is 46.8 Å². The number of likely N-dealkylation sites (tertiary alicyclic amines) is 2. The van der Waals surface area contributed by atoms with Gasteiger partial charge in [0.25, 0.3) is 5.91 Å². The molecule has 1 saturated carbocycles. The van der Waals surface area contributed by atoms with E-state index in [-0.39, 0.29) is 17.9 Å². The Kier molecular flexibility index (Phi) is 5.75. The normalized spacial score (nSPS) is 24.5. The second-order valence-corrected chi connectivity index (χ2v) is 9.85. The first-order chi connectivity index (χ1) is 15.7. The zero-order valence-corrected chi connectivity index (χ0v) is 19.2. The van der Waals surface area contributed by atoms with Crippen molar-refractivity contribution in [2.45, 2.75) is 76.6 Å². The molecule has 2 atom stereocenters. The number of piperidine rings is 1. The van der Waals surface area contributed by atoms with Crippen molar-refractivity contribution in [3.63, 3.8) is 0 Å². The van der Waals surface area contributed by atoms with Crippen LogP contribution in [0, 0.1) is 6.92 Å². The predicted octanol–water partition coefficient (Wildman–Crippen LogP) is 5.17. The van der Waals surface area contributed by atoms with Crippen molar-refractivity contribution in [1.82, 2.24) is 19.6 Å². The van der Waals surface area contributed by atoms with E-state index in [9.17, 15) is 18.0 Å². The number of hydrogen-bond acceptors (Lipinski definition) is 3. The van der Waals surface area contributed by atoms with Gasteiger partial charge in [-0.15, -0.1) is 0 Å². The molecule has 3 fully saturated rings. The number of halogens is 3. The Morgan fingerprint density at radius 3 is 2.45 bits per heavy atom. The molecule has 2 aromatic rings. The summed E-state index contributed by atoms with van der Waals surface area (Å²) in [6.45, 7) is 6.92. The molecule has 0 N–H and O–H groups in total. The predicted molar refractivity (Wildman–Crippen MR) is 120 cm³/mol. The number of carbonyl (C=O) groups is 1. The third-order valence-corrected chi connectivity index (χ3v) is 7.46. The molecule has 0 bridgehead atoms. The molecule has 2 saturated heterocycles. The van der Waals surface area contributed by atoms with E-state index >= 15 is 0 Å². The Morgan fingerprint density at radius 1 is 1.09 bits per heavy atom. The van der Waals surface area contributed by atoms with Gasteiger partial charge < -0.3 is 9.80 Å². The molecule has 33 heavy (non-hydrogen) atoms. The van der Waals surface area contributed by atoms with E-state index in [1.165, 1.54) is 18.9 Å². The van der Waals surface area contributed by atoms with Crippen molar-refractivity contribution in [2.24, 2.45) is 0 Å². The zero-order chi connectivity index (χ0) is 23.3. The third-order valence-electron chi connectivity index (χ3n) is 7.46. The molecule has 5 nitrogen and oxygen atoms in total. The fraction of sp³-hybridized carbons (Fsp3) is 0.600. The second-order valence-electron chi connectivity index (χ2n) is 9.85. The van der Waals surface area contributed by atoms with Gasteiger partial charge in [0.15, 0.2) is 0 Å². The summed E-state index contributed by atoms with van der Waals surface area (Å²) in [5, 5.41) is 4.58. The highest BCUT2D eigenvalue weighted by atomic mass is 19.4. The molecule has 8 heteroatoms. The Bertz CT molecular complexity index is 1040. The summed E-state index contributed by atoms with van der Waals surface area (Å²) in [5.41, 5.74) is 1.59. The van der Waals surface area contributed by atoms with Crippen molar-refractivity contribution >= 4 is 5.91 Å². The van der Waals surface area contributed by atoms with Crippen LogP contribution in [0.15, 0.2) is 24.3 Å². The van der Waals surface area contributed by atoms with Crippen LogP contribution in [0.2, 0.25) is 0 Å².